The zero-order valence-corrected chi connectivity index (χ0v) is 16.2. The van der Waals surface area contributed by atoms with Crippen molar-refractivity contribution in [2.24, 2.45) is 0 Å². The van der Waals surface area contributed by atoms with Crippen LogP contribution in [0.2, 0.25) is 5.02 Å². The van der Waals surface area contributed by atoms with Gasteiger partial charge in [0.2, 0.25) is 5.95 Å². The first kappa shape index (κ1) is 19.2. The third-order valence-electron chi connectivity index (χ3n) is 4.45. The van der Waals surface area contributed by atoms with E-state index in [-0.39, 0.29) is 12.1 Å². The Morgan fingerprint density at radius 2 is 2.15 bits per heavy atom. The van der Waals surface area contributed by atoms with Crippen molar-refractivity contribution in [2.45, 2.75) is 32.7 Å². The van der Waals surface area contributed by atoms with Gasteiger partial charge in [0.1, 0.15) is 0 Å². The van der Waals surface area contributed by atoms with Gasteiger partial charge in [0.25, 0.3) is 0 Å². The predicted octanol–water partition coefficient (Wildman–Crippen LogP) is 3.61. The molecule has 27 heavy (non-hydrogen) atoms. The first-order valence-electron chi connectivity index (χ1n) is 8.97. The van der Waals surface area contributed by atoms with E-state index in [1.165, 1.54) is 0 Å². The normalized spacial score (nSPS) is 14.7. The van der Waals surface area contributed by atoms with Crippen LogP contribution in [0, 0.1) is 6.92 Å². The Hall–Kier alpha value is -2.61. The molecule has 144 valence electrons. The average Bonchev–Trinajstić information content (AvgIpc) is 2.67. The third-order valence-corrected chi connectivity index (χ3v) is 4.86. The van der Waals surface area contributed by atoms with Crippen molar-refractivity contribution >= 4 is 35.1 Å². The molecule has 3 rings (SSSR count). The number of rotatable bonds is 5. The topological polar surface area (TPSA) is 92.3 Å². The quantitative estimate of drug-likeness (QED) is 0.805. The second-order valence-corrected chi connectivity index (χ2v) is 6.71. The Balaban J connectivity index is 1.58. The van der Waals surface area contributed by atoms with Crippen LogP contribution in [0.1, 0.15) is 25.3 Å². The molecule has 0 unspecified atom stereocenters. The molecule has 0 aliphatic carbocycles. The van der Waals surface area contributed by atoms with E-state index >= 15 is 0 Å². The highest BCUT2D eigenvalue weighted by molar-refractivity contribution is 6.31. The molecule has 0 atom stereocenters. The summed E-state index contributed by atoms with van der Waals surface area (Å²) in [5, 5.41) is 15.2. The smallest absolute Gasteiger partial charge is 0.409 e. The largest absolute Gasteiger partial charge is 0.450 e. The van der Waals surface area contributed by atoms with Gasteiger partial charge in [-0.15, -0.1) is 5.10 Å². The van der Waals surface area contributed by atoms with Crippen molar-refractivity contribution in [1.29, 1.82) is 0 Å². The first-order valence-corrected chi connectivity index (χ1v) is 9.34. The summed E-state index contributed by atoms with van der Waals surface area (Å²) in [6, 6.07) is 5.83. The zero-order chi connectivity index (χ0) is 19.2. The summed E-state index contributed by atoms with van der Waals surface area (Å²) >= 11 is 6.15. The van der Waals surface area contributed by atoms with E-state index in [1.54, 1.807) is 11.1 Å². The van der Waals surface area contributed by atoms with Gasteiger partial charge < -0.3 is 20.3 Å². The van der Waals surface area contributed by atoms with Crippen molar-refractivity contribution in [1.82, 2.24) is 20.1 Å². The molecule has 2 aromatic rings. The molecule has 1 aliphatic heterocycles. The molecular formula is C18H23ClN6O2. The van der Waals surface area contributed by atoms with Crippen molar-refractivity contribution in [3.8, 4) is 0 Å². The van der Waals surface area contributed by atoms with Gasteiger partial charge in [-0.2, -0.15) is 10.1 Å². The number of hydrogen-bond donors (Lipinski definition) is 2. The Labute approximate surface area is 163 Å². The van der Waals surface area contributed by atoms with E-state index in [0.29, 0.717) is 36.5 Å². The lowest BCUT2D eigenvalue weighted by Crippen LogP contribution is -2.42. The lowest BCUT2D eigenvalue weighted by Gasteiger charge is -2.31. The summed E-state index contributed by atoms with van der Waals surface area (Å²) in [6.45, 7) is 5.44. The van der Waals surface area contributed by atoms with Gasteiger partial charge in [0, 0.05) is 29.8 Å². The molecule has 2 heterocycles. The van der Waals surface area contributed by atoms with E-state index in [9.17, 15) is 4.79 Å². The minimum absolute atomic E-state index is 0.216. The molecule has 0 spiro atoms. The van der Waals surface area contributed by atoms with Crippen LogP contribution in [0.15, 0.2) is 24.4 Å². The standard InChI is InChI=1S/C18H23ClN6O2/c1-3-27-18(26)25-9-7-13(8-10-25)21-16-11-20-24-17(23-16)22-15-6-4-5-14(19)12(15)2/h4-6,11,13H,3,7-10H2,1-2H3,(H2,21,22,23,24). The van der Waals surface area contributed by atoms with Crippen LogP contribution in [-0.4, -0.2) is 51.9 Å². The number of ether oxygens (including phenoxy) is 1. The molecule has 1 aromatic heterocycles. The van der Waals surface area contributed by atoms with Crippen molar-refractivity contribution < 1.29 is 9.53 Å². The second-order valence-electron chi connectivity index (χ2n) is 6.31. The van der Waals surface area contributed by atoms with Gasteiger partial charge >= 0.3 is 6.09 Å². The maximum atomic E-state index is 11.8. The number of anilines is 3. The maximum absolute atomic E-state index is 11.8. The van der Waals surface area contributed by atoms with Gasteiger partial charge in [-0.1, -0.05) is 17.7 Å². The highest BCUT2D eigenvalue weighted by Gasteiger charge is 2.23. The Kier molecular flexibility index (Phi) is 6.28. The molecule has 1 aliphatic rings. The molecule has 0 radical (unpaired) electrons. The van der Waals surface area contributed by atoms with E-state index in [1.807, 2.05) is 32.0 Å². The van der Waals surface area contributed by atoms with Crippen LogP contribution in [0.5, 0.6) is 0 Å². The number of carbonyl (C=O) groups excluding carboxylic acids is 1. The summed E-state index contributed by atoms with van der Waals surface area (Å²) in [5.41, 5.74) is 1.76. The summed E-state index contributed by atoms with van der Waals surface area (Å²) in [7, 11) is 0. The Morgan fingerprint density at radius 1 is 1.37 bits per heavy atom. The number of nitrogens with zero attached hydrogens (tertiary/aromatic N) is 4. The van der Waals surface area contributed by atoms with Crippen LogP contribution >= 0.6 is 11.6 Å². The molecule has 0 bridgehead atoms. The highest BCUT2D eigenvalue weighted by atomic mass is 35.5. The number of nitrogens with one attached hydrogen (secondary N) is 2. The van der Waals surface area contributed by atoms with Gasteiger partial charge in [-0.3, -0.25) is 0 Å². The number of likely N-dealkylation sites (tertiary alicyclic amines) is 1. The number of aromatic nitrogens is 3. The predicted molar refractivity (Wildman–Crippen MR) is 105 cm³/mol. The van der Waals surface area contributed by atoms with Gasteiger partial charge in [-0.25, -0.2) is 4.79 Å². The Morgan fingerprint density at radius 3 is 2.89 bits per heavy atom. The molecule has 9 heteroatoms. The minimum atomic E-state index is -0.247. The van der Waals surface area contributed by atoms with Crippen molar-refractivity contribution in [3.63, 3.8) is 0 Å². The third kappa shape index (κ3) is 4.97. The summed E-state index contributed by atoms with van der Waals surface area (Å²) in [4.78, 5) is 18.0. The maximum Gasteiger partial charge on any atom is 0.409 e. The van der Waals surface area contributed by atoms with E-state index in [2.05, 4.69) is 25.8 Å². The van der Waals surface area contributed by atoms with E-state index in [0.717, 1.165) is 24.1 Å². The van der Waals surface area contributed by atoms with Crippen LogP contribution in [0.3, 0.4) is 0 Å². The fraction of sp³-hybridized carbons (Fsp3) is 0.444. The summed E-state index contributed by atoms with van der Waals surface area (Å²) < 4.78 is 5.04. The number of amides is 1. The second kappa shape index (κ2) is 8.85. The van der Waals surface area contributed by atoms with Crippen LogP contribution < -0.4 is 10.6 Å². The van der Waals surface area contributed by atoms with Gasteiger partial charge in [0.15, 0.2) is 5.82 Å². The molecule has 8 nitrogen and oxygen atoms in total. The zero-order valence-electron chi connectivity index (χ0n) is 15.4. The fourth-order valence-electron chi connectivity index (χ4n) is 2.92. The molecule has 1 saturated heterocycles. The molecular weight excluding hydrogens is 368 g/mol. The number of benzene rings is 1. The lowest BCUT2D eigenvalue weighted by molar-refractivity contribution is 0.0983. The van der Waals surface area contributed by atoms with Gasteiger partial charge in [0.05, 0.1) is 12.8 Å². The van der Waals surface area contributed by atoms with Crippen LogP contribution in [0.4, 0.5) is 22.2 Å². The average molecular weight is 391 g/mol. The molecule has 1 amide bonds. The molecule has 0 saturated carbocycles. The molecule has 1 aromatic carbocycles. The number of hydrogen-bond acceptors (Lipinski definition) is 7. The van der Waals surface area contributed by atoms with Crippen molar-refractivity contribution in [3.05, 3.63) is 35.0 Å². The van der Waals surface area contributed by atoms with E-state index < -0.39 is 0 Å². The minimum Gasteiger partial charge on any atom is -0.450 e. The fourth-order valence-corrected chi connectivity index (χ4v) is 3.09. The van der Waals surface area contributed by atoms with Gasteiger partial charge in [-0.05, 0) is 44.4 Å². The SMILES string of the molecule is CCOC(=O)N1CCC(Nc2cnnc(Nc3cccc(Cl)c3C)n2)CC1. The van der Waals surface area contributed by atoms with Crippen molar-refractivity contribution in [2.75, 3.05) is 30.3 Å². The summed E-state index contributed by atoms with van der Waals surface area (Å²) in [6.07, 6.45) is 2.98. The number of carbonyl (C=O) groups is 1. The lowest BCUT2D eigenvalue weighted by atomic mass is 10.1. The Bertz CT molecular complexity index is 795. The number of halogens is 1. The number of piperidine rings is 1. The van der Waals surface area contributed by atoms with Crippen LogP contribution in [0.25, 0.3) is 0 Å². The van der Waals surface area contributed by atoms with E-state index in [4.69, 9.17) is 16.3 Å². The summed E-state index contributed by atoms with van der Waals surface area (Å²) in [5.74, 6) is 1.04. The highest BCUT2D eigenvalue weighted by Crippen LogP contribution is 2.25. The first-order chi connectivity index (χ1) is 13.1. The monoisotopic (exact) mass is 390 g/mol. The molecule has 1 fully saturated rings. The molecule has 2 N–H and O–H groups in total. The van der Waals surface area contributed by atoms with Crippen LogP contribution in [-0.2, 0) is 4.74 Å².